The van der Waals surface area contributed by atoms with Gasteiger partial charge >= 0.3 is 0 Å². The quantitative estimate of drug-likeness (QED) is 0.829. The predicted octanol–water partition coefficient (Wildman–Crippen LogP) is 2.26. The molecule has 106 valence electrons. The van der Waals surface area contributed by atoms with Crippen molar-refractivity contribution in [3.05, 3.63) is 58.9 Å². The number of benzene rings is 1. The Hall–Kier alpha value is -2.64. The van der Waals surface area contributed by atoms with Crippen molar-refractivity contribution in [3.63, 3.8) is 0 Å². The normalized spacial score (nSPS) is 9.67. The molecular weight excluding hydrogens is 262 g/mol. The van der Waals surface area contributed by atoms with Crippen molar-refractivity contribution >= 4 is 11.6 Å². The van der Waals surface area contributed by atoms with Crippen molar-refractivity contribution < 1.29 is 4.79 Å². The molecular formula is C17H17N3O. The molecule has 2 rings (SSSR count). The van der Waals surface area contributed by atoms with Gasteiger partial charge in [0.15, 0.2) is 0 Å². The highest BCUT2D eigenvalue weighted by molar-refractivity contribution is 6.04. The fourth-order valence-corrected chi connectivity index (χ4v) is 1.90. The van der Waals surface area contributed by atoms with Gasteiger partial charge in [-0.25, -0.2) is 0 Å². The van der Waals surface area contributed by atoms with Crippen LogP contribution >= 0.6 is 0 Å². The van der Waals surface area contributed by atoms with Crippen LogP contribution in [0.2, 0.25) is 0 Å². The summed E-state index contributed by atoms with van der Waals surface area (Å²) in [6, 6.07) is 9.03. The van der Waals surface area contributed by atoms with Crippen molar-refractivity contribution in [3.8, 4) is 11.8 Å². The van der Waals surface area contributed by atoms with Gasteiger partial charge in [-0.2, -0.15) is 0 Å². The van der Waals surface area contributed by atoms with Crippen LogP contribution in [0.3, 0.4) is 0 Å². The van der Waals surface area contributed by atoms with E-state index >= 15 is 0 Å². The molecule has 0 radical (unpaired) electrons. The number of hydrogen-bond donors (Lipinski definition) is 2. The van der Waals surface area contributed by atoms with Crippen molar-refractivity contribution in [2.75, 3.05) is 11.9 Å². The molecule has 0 atom stereocenters. The van der Waals surface area contributed by atoms with E-state index in [9.17, 15) is 4.79 Å². The zero-order chi connectivity index (χ0) is 15.2. The van der Waals surface area contributed by atoms with E-state index in [-0.39, 0.29) is 5.91 Å². The number of anilines is 1. The highest BCUT2D eigenvalue weighted by Gasteiger charge is 2.09. The first-order chi connectivity index (χ1) is 10.1. The van der Waals surface area contributed by atoms with Crippen LogP contribution in [0.25, 0.3) is 0 Å². The number of hydrogen-bond acceptors (Lipinski definition) is 3. The van der Waals surface area contributed by atoms with E-state index in [1.165, 1.54) is 0 Å². The average molecular weight is 279 g/mol. The number of nitrogens with zero attached hydrogens (tertiary/aromatic N) is 1. The Labute approximate surface area is 124 Å². The summed E-state index contributed by atoms with van der Waals surface area (Å²) in [5.74, 6) is 5.63. The maximum atomic E-state index is 12.2. The molecule has 0 saturated carbocycles. The number of nitrogens with one attached hydrogen (secondary N) is 1. The van der Waals surface area contributed by atoms with E-state index in [0.29, 0.717) is 17.8 Å². The maximum Gasteiger partial charge on any atom is 0.255 e. The van der Waals surface area contributed by atoms with Crippen LogP contribution < -0.4 is 11.1 Å². The van der Waals surface area contributed by atoms with Crippen molar-refractivity contribution in [1.29, 1.82) is 0 Å². The number of pyridine rings is 1. The lowest BCUT2D eigenvalue weighted by Gasteiger charge is -2.08. The van der Waals surface area contributed by atoms with Gasteiger partial charge in [0.2, 0.25) is 0 Å². The van der Waals surface area contributed by atoms with Gasteiger partial charge < -0.3 is 11.1 Å². The molecule has 0 fully saturated rings. The Morgan fingerprint density at radius 3 is 2.81 bits per heavy atom. The van der Waals surface area contributed by atoms with Gasteiger partial charge in [-0.15, -0.1) is 0 Å². The number of aryl methyl sites for hydroxylation is 2. The molecule has 21 heavy (non-hydrogen) atoms. The van der Waals surface area contributed by atoms with Crippen LogP contribution in [0.1, 0.15) is 27.2 Å². The smallest absolute Gasteiger partial charge is 0.255 e. The summed E-state index contributed by atoms with van der Waals surface area (Å²) in [6.07, 6.45) is 1.69. The molecule has 0 spiro atoms. The highest BCUT2D eigenvalue weighted by Crippen LogP contribution is 2.14. The molecule has 0 unspecified atom stereocenters. The van der Waals surface area contributed by atoms with Crippen LogP contribution in [-0.4, -0.2) is 17.4 Å². The molecule has 0 aliphatic rings. The molecule has 0 aliphatic carbocycles. The van der Waals surface area contributed by atoms with Gasteiger partial charge in [0, 0.05) is 17.3 Å². The Kier molecular flexibility index (Phi) is 4.70. The van der Waals surface area contributed by atoms with Crippen LogP contribution in [-0.2, 0) is 0 Å². The van der Waals surface area contributed by atoms with Crippen LogP contribution in [0, 0.1) is 25.7 Å². The first-order valence-corrected chi connectivity index (χ1v) is 6.64. The lowest BCUT2D eigenvalue weighted by atomic mass is 10.0. The zero-order valence-electron chi connectivity index (χ0n) is 12.1. The Morgan fingerprint density at radius 1 is 1.33 bits per heavy atom. The van der Waals surface area contributed by atoms with E-state index in [0.717, 1.165) is 16.8 Å². The molecule has 3 N–H and O–H groups in total. The van der Waals surface area contributed by atoms with Crippen LogP contribution in [0.4, 0.5) is 5.69 Å². The predicted molar refractivity (Wildman–Crippen MR) is 84.0 cm³/mol. The number of carbonyl (C=O) groups excluding carboxylic acids is 1. The molecule has 1 amide bonds. The lowest BCUT2D eigenvalue weighted by Crippen LogP contribution is -2.13. The molecule has 0 aliphatic heterocycles. The van der Waals surface area contributed by atoms with Gasteiger partial charge in [0.25, 0.3) is 5.91 Å². The first-order valence-electron chi connectivity index (χ1n) is 6.64. The Morgan fingerprint density at radius 2 is 2.14 bits per heavy atom. The number of amides is 1. The van der Waals surface area contributed by atoms with Crippen molar-refractivity contribution in [1.82, 2.24) is 4.98 Å². The third-order valence-electron chi connectivity index (χ3n) is 3.07. The molecule has 4 heteroatoms. The summed E-state index contributed by atoms with van der Waals surface area (Å²) in [6.45, 7) is 4.10. The van der Waals surface area contributed by atoms with Gasteiger partial charge in [-0.05, 0) is 49.7 Å². The fraction of sp³-hybridized carbons (Fsp3) is 0.176. The fourth-order valence-electron chi connectivity index (χ4n) is 1.90. The number of rotatable bonds is 2. The molecule has 4 nitrogen and oxygen atoms in total. The lowest BCUT2D eigenvalue weighted by molar-refractivity contribution is 0.102. The van der Waals surface area contributed by atoms with E-state index < -0.39 is 0 Å². The van der Waals surface area contributed by atoms with Gasteiger partial charge in [0.1, 0.15) is 0 Å². The molecule has 0 saturated heterocycles. The number of aromatic nitrogens is 1. The minimum atomic E-state index is -0.160. The van der Waals surface area contributed by atoms with E-state index in [1.807, 2.05) is 32.0 Å². The summed E-state index contributed by atoms with van der Waals surface area (Å²) >= 11 is 0. The SMILES string of the molecule is Cc1cc(C(=O)Nc2cccnc2C)ccc1C#CCN. The van der Waals surface area contributed by atoms with Crippen LogP contribution in [0.5, 0.6) is 0 Å². The Balaban J connectivity index is 2.21. The molecule has 0 bridgehead atoms. The van der Waals surface area contributed by atoms with Crippen molar-refractivity contribution in [2.24, 2.45) is 5.73 Å². The molecule has 2 aromatic rings. The van der Waals surface area contributed by atoms with Crippen LogP contribution in [0.15, 0.2) is 36.5 Å². The van der Waals surface area contributed by atoms with E-state index in [1.54, 1.807) is 18.3 Å². The van der Waals surface area contributed by atoms with E-state index in [2.05, 4.69) is 22.1 Å². The van der Waals surface area contributed by atoms with Gasteiger partial charge in [-0.1, -0.05) is 11.8 Å². The molecule has 1 heterocycles. The summed E-state index contributed by atoms with van der Waals surface area (Å²) in [4.78, 5) is 16.4. The third-order valence-corrected chi connectivity index (χ3v) is 3.07. The summed E-state index contributed by atoms with van der Waals surface area (Å²) in [7, 11) is 0. The summed E-state index contributed by atoms with van der Waals surface area (Å²) in [5.41, 5.74) is 9.29. The maximum absolute atomic E-state index is 12.2. The second-order valence-electron chi connectivity index (χ2n) is 4.63. The topological polar surface area (TPSA) is 68.0 Å². The summed E-state index contributed by atoms with van der Waals surface area (Å²) < 4.78 is 0. The standard InChI is InChI=1S/C17H17N3O/c1-12-11-15(8-7-14(12)5-3-9-18)17(21)20-16-6-4-10-19-13(16)2/h4,6-8,10-11H,9,18H2,1-2H3,(H,20,21). The van der Waals surface area contributed by atoms with E-state index in [4.69, 9.17) is 5.73 Å². The molecule has 1 aromatic heterocycles. The second kappa shape index (κ2) is 6.69. The minimum absolute atomic E-state index is 0.160. The molecule has 1 aromatic carbocycles. The monoisotopic (exact) mass is 279 g/mol. The van der Waals surface area contributed by atoms with Crippen molar-refractivity contribution in [2.45, 2.75) is 13.8 Å². The minimum Gasteiger partial charge on any atom is -0.320 e. The first kappa shape index (κ1) is 14.8. The van der Waals surface area contributed by atoms with Gasteiger partial charge in [-0.3, -0.25) is 9.78 Å². The zero-order valence-corrected chi connectivity index (χ0v) is 12.1. The second-order valence-corrected chi connectivity index (χ2v) is 4.63. The Bertz CT molecular complexity index is 726. The third kappa shape index (κ3) is 3.68. The van der Waals surface area contributed by atoms with Gasteiger partial charge in [0.05, 0.1) is 17.9 Å². The highest BCUT2D eigenvalue weighted by atomic mass is 16.1. The number of nitrogens with two attached hydrogens (primary N) is 1. The number of carbonyl (C=O) groups is 1. The average Bonchev–Trinajstić information content (AvgIpc) is 2.48. The largest absolute Gasteiger partial charge is 0.320 e. The summed E-state index contributed by atoms with van der Waals surface area (Å²) in [5, 5.41) is 2.86.